The van der Waals surface area contributed by atoms with E-state index >= 15 is 0 Å². The summed E-state index contributed by atoms with van der Waals surface area (Å²) in [7, 11) is 0. The molecule has 2 aliphatic rings. The Morgan fingerprint density at radius 1 is 1.17 bits per heavy atom. The molecule has 1 aromatic heterocycles. The zero-order valence-electron chi connectivity index (χ0n) is 11.4. The van der Waals surface area contributed by atoms with Crippen molar-refractivity contribution in [2.45, 2.75) is 45.7 Å². The van der Waals surface area contributed by atoms with Gasteiger partial charge in [-0.05, 0) is 32.9 Å². The van der Waals surface area contributed by atoms with Gasteiger partial charge in [-0.2, -0.15) is 0 Å². The molecule has 0 spiro atoms. The average Bonchev–Trinajstić information content (AvgIpc) is 2.73. The fourth-order valence-electron chi connectivity index (χ4n) is 3.23. The van der Waals surface area contributed by atoms with Gasteiger partial charge in [-0.25, -0.2) is 4.98 Å². The molecule has 0 bridgehead atoms. The molecular formula is C14H24N4. The van der Waals surface area contributed by atoms with E-state index in [2.05, 4.69) is 21.7 Å². The summed E-state index contributed by atoms with van der Waals surface area (Å²) < 4.78 is 2.45. The molecule has 0 unspecified atom stereocenters. The van der Waals surface area contributed by atoms with Gasteiger partial charge in [0.2, 0.25) is 0 Å². The Morgan fingerprint density at radius 2 is 2.00 bits per heavy atom. The van der Waals surface area contributed by atoms with Crippen molar-refractivity contribution in [3.8, 4) is 0 Å². The second-order valence-electron chi connectivity index (χ2n) is 5.53. The van der Waals surface area contributed by atoms with Crippen LogP contribution in [0.25, 0.3) is 0 Å². The van der Waals surface area contributed by atoms with E-state index in [1.54, 1.807) is 0 Å². The molecule has 3 rings (SSSR count). The van der Waals surface area contributed by atoms with Gasteiger partial charge in [-0.3, -0.25) is 0 Å². The summed E-state index contributed by atoms with van der Waals surface area (Å²) in [4.78, 5) is 7.30. The van der Waals surface area contributed by atoms with Crippen LogP contribution >= 0.6 is 0 Å². The first kappa shape index (κ1) is 12.2. The van der Waals surface area contributed by atoms with Crippen LogP contribution in [0.1, 0.15) is 36.5 Å². The molecule has 1 N–H and O–H groups in total. The summed E-state index contributed by atoms with van der Waals surface area (Å²) in [6, 6.07) is 0. The van der Waals surface area contributed by atoms with Crippen molar-refractivity contribution in [1.82, 2.24) is 19.8 Å². The van der Waals surface area contributed by atoms with E-state index in [0.717, 1.165) is 26.1 Å². The van der Waals surface area contributed by atoms with Crippen molar-refractivity contribution in [2.75, 3.05) is 26.2 Å². The second kappa shape index (κ2) is 5.41. The number of nitrogens with zero attached hydrogens (tertiary/aromatic N) is 3. The molecule has 0 aliphatic carbocycles. The molecule has 1 aromatic rings. The molecule has 0 aromatic carbocycles. The third-order valence-corrected chi connectivity index (χ3v) is 4.27. The maximum absolute atomic E-state index is 4.70. The van der Waals surface area contributed by atoms with E-state index in [1.165, 1.54) is 56.1 Å². The van der Waals surface area contributed by atoms with E-state index in [4.69, 9.17) is 4.98 Å². The van der Waals surface area contributed by atoms with Gasteiger partial charge >= 0.3 is 0 Å². The third kappa shape index (κ3) is 2.45. The Labute approximate surface area is 109 Å². The molecular weight excluding hydrogens is 224 g/mol. The van der Waals surface area contributed by atoms with Crippen LogP contribution in [0.5, 0.6) is 0 Å². The van der Waals surface area contributed by atoms with Gasteiger partial charge in [0.1, 0.15) is 5.82 Å². The highest BCUT2D eigenvalue weighted by molar-refractivity contribution is 5.19. The first-order valence-corrected chi connectivity index (χ1v) is 7.32. The van der Waals surface area contributed by atoms with E-state index < -0.39 is 0 Å². The van der Waals surface area contributed by atoms with Crippen LogP contribution in [-0.4, -0.2) is 40.6 Å². The molecule has 3 heterocycles. The quantitative estimate of drug-likeness (QED) is 0.876. The van der Waals surface area contributed by atoms with Crippen molar-refractivity contribution in [2.24, 2.45) is 0 Å². The van der Waals surface area contributed by atoms with Crippen molar-refractivity contribution in [3.63, 3.8) is 0 Å². The van der Waals surface area contributed by atoms with Crippen LogP contribution in [0, 0.1) is 6.92 Å². The van der Waals surface area contributed by atoms with Crippen LogP contribution < -0.4 is 5.32 Å². The summed E-state index contributed by atoms with van der Waals surface area (Å²) in [5.74, 6) is 1.20. The Hall–Kier alpha value is -0.870. The van der Waals surface area contributed by atoms with Gasteiger partial charge < -0.3 is 14.8 Å². The Morgan fingerprint density at radius 3 is 2.83 bits per heavy atom. The largest absolute Gasteiger partial charge is 0.331 e. The van der Waals surface area contributed by atoms with E-state index in [9.17, 15) is 0 Å². The fraction of sp³-hybridized carbons (Fsp3) is 0.786. The summed E-state index contributed by atoms with van der Waals surface area (Å²) in [6.07, 6.45) is 5.31. The Bertz CT molecular complexity index is 404. The van der Waals surface area contributed by atoms with E-state index in [-0.39, 0.29) is 0 Å². The Balaban J connectivity index is 1.66. The van der Waals surface area contributed by atoms with Gasteiger partial charge in [-0.15, -0.1) is 0 Å². The third-order valence-electron chi connectivity index (χ3n) is 4.27. The first-order valence-electron chi connectivity index (χ1n) is 7.32. The normalized spacial score (nSPS) is 20.9. The van der Waals surface area contributed by atoms with Crippen LogP contribution in [0.3, 0.4) is 0 Å². The molecule has 1 saturated heterocycles. The summed E-state index contributed by atoms with van der Waals surface area (Å²) in [5, 5.41) is 3.40. The van der Waals surface area contributed by atoms with E-state index in [0.29, 0.717) is 0 Å². The monoisotopic (exact) mass is 248 g/mol. The van der Waals surface area contributed by atoms with Gasteiger partial charge in [0, 0.05) is 38.3 Å². The number of aromatic nitrogens is 2. The number of likely N-dealkylation sites (tertiary alicyclic amines) is 1. The molecule has 0 amide bonds. The maximum atomic E-state index is 4.70. The lowest BCUT2D eigenvalue weighted by Crippen LogP contribution is -2.33. The van der Waals surface area contributed by atoms with Gasteiger partial charge in [0.15, 0.2) is 0 Å². The zero-order valence-corrected chi connectivity index (χ0v) is 11.4. The predicted octanol–water partition coefficient (Wildman–Crippen LogP) is 1.32. The van der Waals surface area contributed by atoms with Gasteiger partial charge in [-0.1, -0.05) is 6.42 Å². The standard InChI is InChI=1S/C14H24N4/c1-12-16-13-11-15-6-5-14(13)18(12)10-9-17-7-3-2-4-8-17/h15H,2-11H2,1H3. The van der Waals surface area contributed by atoms with Crippen molar-refractivity contribution >= 4 is 0 Å². The lowest BCUT2D eigenvalue weighted by atomic mass is 10.1. The molecule has 2 aliphatic heterocycles. The lowest BCUT2D eigenvalue weighted by molar-refractivity contribution is 0.219. The first-order chi connectivity index (χ1) is 8.84. The highest BCUT2D eigenvalue weighted by Gasteiger charge is 2.18. The molecule has 0 atom stereocenters. The van der Waals surface area contributed by atoms with Gasteiger partial charge in [0.25, 0.3) is 0 Å². The predicted molar refractivity (Wildman–Crippen MR) is 72.7 cm³/mol. The minimum atomic E-state index is 0.951. The van der Waals surface area contributed by atoms with Crippen LogP contribution in [-0.2, 0) is 19.5 Å². The fourth-order valence-corrected chi connectivity index (χ4v) is 3.23. The topological polar surface area (TPSA) is 33.1 Å². The van der Waals surface area contributed by atoms with Crippen LogP contribution in [0.2, 0.25) is 0 Å². The number of hydrogen-bond acceptors (Lipinski definition) is 3. The molecule has 100 valence electrons. The number of piperidine rings is 1. The van der Waals surface area contributed by atoms with Gasteiger partial charge in [0.05, 0.1) is 5.69 Å². The SMILES string of the molecule is Cc1nc2c(n1CCN1CCCCC1)CCNC2. The Kier molecular flexibility index (Phi) is 3.66. The average molecular weight is 248 g/mol. The zero-order chi connectivity index (χ0) is 12.4. The second-order valence-corrected chi connectivity index (χ2v) is 5.53. The lowest BCUT2D eigenvalue weighted by Gasteiger charge is -2.27. The van der Waals surface area contributed by atoms with Crippen LogP contribution in [0.4, 0.5) is 0 Å². The van der Waals surface area contributed by atoms with Crippen molar-refractivity contribution < 1.29 is 0 Å². The number of nitrogens with one attached hydrogen (secondary N) is 1. The van der Waals surface area contributed by atoms with Crippen molar-refractivity contribution in [1.29, 1.82) is 0 Å². The number of fused-ring (bicyclic) bond motifs is 1. The molecule has 4 heteroatoms. The van der Waals surface area contributed by atoms with Crippen molar-refractivity contribution in [3.05, 3.63) is 17.2 Å². The summed E-state index contributed by atoms with van der Waals surface area (Å²) in [6.45, 7) is 9.09. The highest BCUT2D eigenvalue weighted by Crippen LogP contribution is 2.16. The van der Waals surface area contributed by atoms with Crippen LogP contribution in [0.15, 0.2) is 0 Å². The number of rotatable bonds is 3. The molecule has 1 fully saturated rings. The smallest absolute Gasteiger partial charge is 0.106 e. The number of imidazole rings is 1. The molecule has 4 nitrogen and oxygen atoms in total. The molecule has 18 heavy (non-hydrogen) atoms. The minimum Gasteiger partial charge on any atom is -0.331 e. The maximum Gasteiger partial charge on any atom is 0.106 e. The summed E-state index contributed by atoms with van der Waals surface area (Å²) >= 11 is 0. The minimum absolute atomic E-state index is 0.951. The highest BCUT2D eigenvalue weighted by atomic mass is 15.2. The van der Waals surface area contributed by atoms with E-state index in [1.807, 2.05) is 0 Å². The molecule has 0 saturated carbocycles. The summed E-state index contributed by atoms with van der Waals surface area (Å²) in [5.41, 5.74) is 2.75. The number of aryl methyl sites for hydroxylation is 1. The number of hydrogen-bond donors (Lipinski definition) is 1. The molecule has 0 radical (unpaired) electrons.